The van der Waals surface area contributed by atoms with Gasteiger partial charge in [-0.25, -0.2) is 0 Å². The molecule has 2 aromatic rings. The first-order chi connectivity index (χ1) is 8.72. The molecule has 3 nitrogen and oxygen atoms in total. The molecular formula is C13H10ClNO2S. The van der Waals surface area contributed by atoms with Gasteiger partial charge < -0.3 is 10.1 Å². The largest absolute Gasteiger partial charge is 0.493 e. The molecule has 0 radical (unpaired) electrons. The SMILES string of the molecule is O=C(Nc1ccc2c(c1)CCO2)c1ccc(Cl)s1. The van der Waals surface area contributed by atoms with Gasteiger partial charge >= 0.3 is 0 Å². The summed E-state index contributed by atoms with van der Waals surface area (Å²) in [6, 6.07) is 9.13. The Balaban J connectivity index is 1.78. The van der Waals surface area contributed by atoms with E-state index in [1.54, 1.807) is 12.1 Å². The molecule has 1 aliphatic rings. The Kier molecular flexibility index (Phi) is 2.97. The molecule has 1 N–H and O–H groups in total. The normalized spacial score (nSPS) is 12.9. The third-order valence-electron chi connectivity index (χ3n) is 2.74. The van der Waals surface area contributed by atoms with Crippen molar-refractivity contribution in [3.63, 3.8) is 0 Å². The fraction of sp³-hybridized carbons (Fsp3) is 0.154. The van der Waals surface area contributed by atoms with E-state index in [-0.39, 0.29) is 5.91 Å². The van der Waals surface area contributed by atoms with Gasteiger partial charge in [0.05, 0.1) is 15.8 Å². The summed E-state index contributed by atoms with van der Waals surface area (Å²) >= 11 is 7.08. The molecule has 1 amide bonds. The second-order valence-electron chi connectivity index (χ2n) is 3.98. The van der Waals surface area contributed by atoms with Gasteiger partial charge in [-0.3, -0.25) is 4.79 Å². The molecular weight excluding hydrogens is 270 g/mol. The zero-order chi connectivity index (χ0) is 12.5. The molecule has 5 heteroatoms. The average Bonchev–Trinajstić information content (AvgIpc) is 2.96. The molecule has 1 aromatic carbocycles. The van der Waals surface area contributed by atoms with Crippen LogP contribution in [0.2, 0.25) is 4.34 Å². The summed E-state index contributed by atoms with van der Waals surface area (Å²) in [5, 5.41) is 2.86. The van der Waals surface area contributed by atoms with Crippen molar-refractivity contribution in [3.05, 3.63) is 45.1 Å². The summed E-state index contributed by atoms with van der Waals surface area (Å²) in [5.41, 5.74) is 1.92. The molecule has 0 bridgehead atoms. The third-order valence-corrected chi connectivity index (χ3v) is 3.97. The molecule has 0 atom stereocenters. The number of amides is 1. The van der Waals surface area contributed by atoms with E-state index in [1.807, 2.05) is 18.2 Å². The molecule has 1 aliphatic heterocycles. The minimum Gasteiger partial charge on any atom is -0.493 e. The van der Waals surface area contributed by atoms with Crippen molar-refractivity contribution in [2.45, 2.75) is 6.42 Å². The van der Waals surface area contributed by atoms with E-state index >= 15 is 0 Å². The Labute approximate surface area is 113 Å². The highest BCUT2D eigenvalue weighted by Crippen LogP contribution is 2.28. The number of carbonyl (C=O) groups is 1. The first-order valence-corrected chi connectivity index (χ1v) is 6.74. The molecule has 3 rings (SSSR count). The number of anilines is 1. The van der Waals surface area contributed by atoms with Crippen molar-refractivity contribution >= 4 is 34.5 Å². The van der Waals surface area contributed by atoms with Crippen LogP contribution in [0.5, 0.6) is 5.75 Å². The second-order valence-corrected chi connectivity index (χ2v) is 5.69. The second kappa shape index (κ2) is 4.63. The van der Waals surface area contributed by atoms with E-state index in [0.29, 0.717) is 15.8 Å². The Morgan fingerprint density at radius 2 is 2.22 bits per heavy atom. The lowest BCUT2D eigenvalue weighted by atomic mass is 10.1. The van der Waals surface area contributed by atoms with Gasteiger partial charge in [0.25, 0.3) is 5.91 Å². The zero-order valence-electron chi connectivity index (χ0n) is 9.40. The van der Waals surface area contributed by atoms with Crippen molar-refractivity contribution in [1.82, 2.24) is 0 Å². The van der Waals surface area contributed by atoms with Crippen LogP contribution in [0.15, 0.2) is 30.3 Å². The highest BCUT2D eigenvalue weighted by atomic mass is 35.5. The fourth-order valence-electron chi connectivity index (χ4n) is 1.89. The molecule has 0 fully saturated rings. The maximum atomic E-state index is 11.9. The van der Waals surface area contributed by atoms with Crippen LogP contribution >= 0.6 is 22.9 Å². The van der Waals surface area contributed by atoms with Crippen LogP contribution in [0.3, 0.4) is 0 Å². The standard InChI is InChI=1S/C13H10ClNO2S/c14-12-4-3-11(18-12)13(16)15-9-1-2-10-8(7-9)5-6-17-10/h1-4,7H,5-6H2,(H,15,16). The first-order valence-electron chi connectivity index (χ1n) is 5.55. The Morgan fingerprint density at radius 1 is 1.33 bits per heavy atom. The van der Waals surface area contributed by atoms with Crippen LogP contribution in [0.1, 0.15) is 15.2 Å². The number of fused-ring (bicyclic) bond motifs is 1. The molecule has 2 heterocycles. The molecule has 92 valence electrons. The number of halogens is 1. The number of ether oxygens (including phenoxy) is 1. The van der Waals surface area contributed by atoms with Gasteiger partial charge in [0.2, 0.25) is 0 Å². The highest BCUT2D eigenvalue weighted by Gasteiger charge is 2.14. The van der Waals surface area contributed by atoms with E-state index < -0.39 is 0 Å². The van der Waals surface area contributed by atoms with E-state index in [9.17, 15) is 4.79 Å². The van der Waals surface area contributed by atoms with Crippen LogP contribution in [0.4, 0.5) is 5.69 Å². The van der Waals surface area contributed by atoms with Crippen molar-refractivity contribution in [1.29, 1.82) is 0 Å². The van der Waals surface area contributed by atoms with Gasteiger partial charge in [0.1, 0.15) is 5.75 Å². The zero-order valence-corrected chi connectivity index (χ0v) is 11.0. The predicted molar refractivity (Wildman–Crippen MR) is 72.9 cm³/mol. The molecule has 18 heavy (non-hydrogen) atoms. The number of rotatable bonds is 2. The average molecular weight is 280 g/mol. The summed E-state index contributed by atoms with van der Waals surface area (Å²) in [4.78, 5) is 12.5. The smallest absolute Gasteiger partial charge is 0.265 e. The molecule has 0 spiro atoms. The van der Waals surface area contributed by atoms with Crippen LogP contribution in [0.25, 0.3) is 0 Å². The molecule has 0 saturated carbocycles. The lowest BCUT2D eigenvalue weighted by molar-refractivity contribution is 0.103. The molecule has 1 aromatic heterocycles. The summed E-state index contributed by atoms with van der Waals surface area (Å²) in [7, 11) is 0. The van der Waals surface area contributed by atoms with Crippen molar-refractivity contribution in [3.8, 4) is 5.75 Å². The van der Waals surface area contributed by atoms with Crippen LogP contribution in [-0.4, -0.2) is 12.5 Å². The monoisotopic (exact) mass is 279 g/mol. The maximum Gasteiger partial charge on any atom is 0.265 e. The van der Waals surface area contributed by atoms with Crippen molar-refractivity contribution < 1.29 is 9.53 Å². The number of nitrogens with one attached hydrogen (secondary N) is 1. The van der Waals surface area contributed by atoms with Crippen LogP contribution < -0.4 is 10.1 Å². The Hall–Kier alpha value is -1.52. The van der Waals surface area contributed by atoms with E-state index in [4.69, 9.17) is 16.3 Å². The number of benzene rings is 1. The molecule has 0 aliphatic carbocycles. The number of hydrogen-bond donors (Lipinski definition) is 1. The van der Waals surface area contributed by atoms with Gasteiger partial charge in [0.15, 0.2) is 0 Å². The van der Waals surface area contributed by atoms with Gasteiger partial charge in [0, 0.05) is 12.1 Å². The molecule has 0 unspecified atom stereocenters. The Bertz CT molecular complexity index is 609. The van der Waals surface area contributed by atoms with Gasteiger partial charge in [-0.05, 0) is 35.9 Å². The third kappa shape index (κ3) is 2.21. The summed E-state index contributed by atoms with van der Waals surface area (Å²) < 4.78 is 6.03. The van der Waals surface area contributed by atoms with E-state index in [2.05, 4.69) is 5.32 Å². The topological polar surface area (TPSA) is 38.3 Å². The minimum atomic E-state index is -0.134. The van der Waals surface area contributed by atoms with Crippen LogP contribution in [0, 0.1) is 0 Å². The first kappa shape index (κ1) is 11.6. The van der Waals surface area contributed by atoms with Crippen molar-refractivity contribution in [2.75, 3.05) is 11.9 Å². The fourth-order valence-corrected chi connectivity index (χ4v) is 2.83. The summed E-state index contributed by atoms with van der Waals surface area (Å²) in [6.07, 6.45) is 0.893. The van der Waals surface area contributed by atoms with E-state index in [1.165, 1.54) is 11.3 Å². The summed E-state index contributed by atoms with van der Waals surface area (Å²) in [5.74, 6) is 0.776. The lowest BCUT2D eigenvalue weighted by Gasteiger charge is -2.05. The van der Waals surface area contributed by atoms with Gasteiger partial charge in [-0.1, -0.05) is 11.6 Å². The summed E-state index contributed by atoms with van der Waals surface area (Å²) in [6.45, 7) is 0.716. The lowest BCUT2D eigenvalue weighted by Crippen LogP contribution is -2.10. The number of hydrogen-bond acceptors (Lipinski definition) is 3. The number of carbonyl (C=O) groups excluding carboxylic acids is 1. The van der Waals surface area contributed by atoms with Crippen LogP contribution in [-0.2, 0) is 6.42 Å². The molecule has 0 saturated heterocycles. The van der Waals surface area contributed by atoms with E-state index in [0.717, 1.165) is 23.4 Å². The van der Waals surface area contributed by atoms with Crippen molar-refractivity contribution in [2.24, 2.45) is 0 Å². The minimum absolute atomic E-state index is 0.134. The predicted octanol–water partition coefficient (Wildman–Crippen LogP) is 3.59. The van der Waals surface area contributed by atoms with Gasteiger partial charge in [-0.2, -0.15) is 0 Å². The quantitative estimate of drug-likeness (QED) is 0.912. The van der Waals surface area contributed by atoms with Gasteiger partial charge in [-0.15, -0.1) is 11.3 Å². The maximum absolute atomic E-state index is 11.9. The highest BCUT2D eigenvalue weighted by molar-refractivity contribution is 7.18. The number of thiophene rings is 1. The Morgan fingerprint density at radius 3 is 3.00 bits per heavy atom.